The largest absolute Gasteiger partial charge is 0.232 e. The summed E-state index contributed by atoms with van der Waals surface area (Å²) in [6, 6.07) is 0. The van der Waals surface area contributed by atoms with Crippen LogP contribution >= 0.6 is 0 Å². The lowest BCUT2D eigenvalue weighted by Crippen LogP contribution is -1.90. The van der Waals surface area contributed by atoms with Crippen molar-refractivity contribution in [2.24, 2.45) is 0 Å². The van der Waals surface area contributed by atoms with E-state index >= 15 is 0 Å². The van der Waals surface area contributed by atoms with Gasteiger partial charge >= 0.3 is 0 Å². The van der Waals surface area contributed by atoms with Gasteiger partial charge in [-0.25, -0.2) is 15.0 Å². The van der Waals surface area contributed by atoms with Gasteiger partial charge in [-0.3, -0.25) is 0 Å². The number of hydrogen-bond donors (Lipinski definition) is 0. The van der Waals surface area contributed by atoms with Gasteiger partial charge in [0.2, 0.25) is 11.3 Å². The zero-order chi connectivity index (χ0) is 6.81. The second-order valence-corrected chi connectivity index (χ2v) is 1.66. The van der Waals surface area contributed by atoms with E-state index in [4.69, 9.17) is 0 Å². The molecule has 0 aliphatic rings. The lowest BCUT2D eigenvalue weighted by Gasteiger charge is -1.87. The fraction of sp³-hybridized carbons (Fsp3) is 0. The molecule has 0 aliphatic carbocycles. The Labute approximate surface area is 56.2 Å². The fourth-order valence-corrected chi connectivity index (χ4v) is 0.646. The van der Waals surface area contributed by atoms with Crippen molar-refractivity contribution in [3.05, 3.63) is 18.7 Å². The smallest absolute Gasteiger partial charge is 0.219 e. The van der Waals surface area contributed by atoms with E-state index in [1.54, 1.807) is 12.4 Å². The van der Waals surface area contributed by atoms with Crippen LogP contribution in [0.25, 0.3) is 11.3 Å². The molecule has 0 saturated carbocycles. The minimum Gasteiger partial charge on any atom is -0.232 e. The molecule has 5 nitrogen and oxygen atoms in total. The predicted molar refractivity (Wildman–Crippen MR) is 32.9 cm³/mol. The van der Waals surface area contributed by atoms with Gasteiger partial charge in [0, 0.05) is 12.4 Å². The molecule has 0 N–H and O–H groups in total. The molecule has 0 aromatic carbocycles. The molecule has 2 rings (SSSR count). The monoisotopic (exact) mass is 133 g/mol. The quantitative estimate of drug-likeness (QED) is 0.498. The van der Waals surface area contributed by atoms with E-state index < -0.39 is 0 Å². The number of rotatable bonds is 0. The highest BCUT2D eigenvalue weighted by Gasteiger charge is 1.92. The minimum atomic E-state index is 0.477. The van der Waals surface area contributed by atoms with Crippen LogP contribution in [0.5, 0.6) is 0 Å². The zero-order valence-electron chi connectivity index (χ0n) is 4.97. The van der Waals surface area contributed by atoms with Crippen molar-refractivity contribution in [3.8, 4) is 0 Å². The summed E-state index contributed by atoms with van der Waals surface area (Å²) >= 11 is 0. The Bertz CT molecular complexity index is 281. The molecular formula is C5H3N5. The lowest BCUT2D eigenvalue weighted by molar-refractivity contribution is 0.985. The Kier molecular flexibility index (Phi) is 1.00. The van der Waals surface area contributed by atoms with Crippen LogP contribution in [-0.2, 0) is 0 Å². The molecule has 0 bridgehead atoms. The van der Waals surface area contributed by atoms with Crippen LogP contribution in [0.3, 0.4) is 0 Å². The SMILES string of the molecule is c1cnc2nncnc2n1. The van der Waals surface area contributed by atoms with Gasteiger partial charge in [-0.15, -0.1) is 10.2 Å². The third kappa shape index (κ3) is 0.680. The summed E-state index contributed by atoms with van der Waals surface area (Å²) in [4.78, 5) is 11.6. The maximum Gasteiger partial charge on any atom is 0.219 e. The van der Waals surface area contributed by atoms with E-state index in [9.17, 15) is 0 Å². The molecule has 10 heavy (non-hydrogen) atoms. The second kappa shape index (κ2) is 1.94. The van der Waals surface area contributed by atoms with Gasteiger partial charge in [0.1, 0.15) is 6.33 Å². The molecule has 0 unspecified atom stereocenters. The maximum absolute atomic E-state index is 3.91. The normalized spacial score (nSPS) is 10.0. The van der Waals surface area contributed by atoms with Crippen LogP contribution in [0.15, 0.2) is 18.7 Å². The summed E-state index contributed by atoms with van der Waals surface area (Å²) in [5, 5.41) is 7.24. The van der Waals surface area contributed by atoms with E-state index in [0.717, 1.165) is 0 Å². The van der Waals surface area contributed by atoms with Crippen LogP contribution in [0.4, 0.5) is 0 Å². The summed E-state index contributed by atoms with van der Waals surface area (Å²) in [5.74, 6) is 0. The highest BCUT2D eigenvalue weighted by Crippen LogP contribution is 1.94. The Hall–Kier alpha value is -1.65. The molecule has 0 fully saturated rings. The standard InChI is InChI=1S/C5H3N5/c1-2-7-5-4(6-1)8-3-9-10-5/h1-3H. The van der Waals surface area contributed by atoms with Crippen LogP contribution in [0.1, 0.15) is 0 Å². The molecule has 0 amide bonds. The van der Waals surface area contributed by atoms with Gasteiger partial charge in [-0.1, -0.05) is 0 Å². The molecule has 2 aromatic heterocycles. The second-order valence-electron chi connectivity index (χ2n) is 1.66. The van der Waals surface area contributed by atoms with Crippen LogP contribution in [0.2, 0.25) is 0 Å². The summed E-state index contributed by atoms with van der Waals surface area (Å²) in [6.07, 6.45) is 4.46. The molecule has 0 atom stereocenters. The molecule has 5 heteroatoms. The fourth-order valence-electron chi connectivity index (χ4n) is 0.646. The molecule has 0 radical (unpaired) electrons. The van der Waals surface area contributed by atoms with Crippen molar-refractivity contribution in [3.63, 3.8) is 0 Å². The van der Waals surface area contributed by atoms with Gasteiger partial charge < -0.3 is 0 Å². The summed E-state index contributed by atoms with van der Waals surface area (Å²) in [6.45, 7) is 0. The number of aromatic nitrogens is 5. The Balaban J connectivity index is 2.89. The average molecular weight is 133 g/mol. The summed E-state index contributed by atoms with van der Waals surface area (Å²) < 4.78 is 0. The molecule has 0 saturated heterocycles. The average Bonchev–Trinajstić information content (AvgIpc) is 2.05. The van der Waals surface area contributed by atoms with Gasteiger partial charge in [0.25, 0.3) is 0 Å². The maximum atomic E-state index is 3.91. The Morgan fingerprint density at radius 1 is 0.900 bits per heavy atom. The molecular weight excluding hydrogens is 130 g/mol. The third-order valence-corrected chi connectivity index (χ3v) is 1.04. The molecule has 2 aromatic rings. The van der Waals surface area contributed by atoms with Crippen molar-refractivity contribution >= 4 is 11.3 Å². The zero-order valence-corrected chi connectivity index (χ0v) is 4.97. The molecule has 2 heterocycles. The van der Waals surface area contributed by atoms with Crippen LogP contribution in [0, 0.1) is 0 Å². The van der Waals surface area contributed by atoms with Crippen molar-refractivity contribution in [1.29, 1.82) is 0 Å². The Morgan fingerprint density at radius 3 is 2.50 bits per heavy atom. The Morgan fingerprint density at radius 2 is 1.70 bits per heavy atom. The molecule has 48 valence electrons. The van der Waals surface area contributed by atoms with Crippen molar-refractivity contribution in [2.45, 2.75) is 0 Å². The van der Waals surface area contributed by atoms with E-state index in [0.29, 0.717) is 11.3 Å². The summed E-state index contributed by atoms with van der Waals surface area (Å²) in [5.41, 5.74) is 1.00. The first-order chi connectivity index (χ1) is 4.97. The number of hydrogen-bond acceptors (Lipinski definition) is 5. The number of fused-ring (bicyclic) bond motifs is 1. The van der Waals surface area contributed by atoms with Gasteiger partial charge in [0.05, 0.1) is 0 Å². The topological polar surface area (TPSA) is 64.5 Å². The van der Waals surface area contributed by atoms with Crippen molar-refractivity contribution in [1.82, 2.24) is 25.1 Å². The van der Waals surface area contributed by atoms with Crippen LogP contribution < -0.4 is 0 Å². The highest BCUT2D eigenvalue weighted by molar-refractivity contribution is 5.61. The highest BCUT2D eigenvalue weighted by atomic mass is 15.2. The van der Waals surface area contributed by atoms with Crippen molar-refractivity contribution < 1.29 is 0 Å². The summed E-state index contributed by atoms with van der Waals surface area (Å²) in [7, 11) is 0. The van der Waals surface area contributed by atoms with E-state index in [1.807, 2.05) is 0 Å². The first-order valence-electron chi connectivity index (χ1n) is 2.71. The van der Waals surface area contributed by atoms with E-state index in [2.05, 4.69) is 25.1 Å². The number of nitrogens with zero attached hydrogens (tertiary/aromatic N) is 5. The minimum absolute atomic E-state index is 0.477. The first-order valence-corrected chi connectivity index (χ1v) is 2.71. The van der Waals surface area contributed by atoms with Crippen molar-refractivity contribution in [2.75, 3.05) is 0 Å². The molecule has 0 spiro atoms. The van der Waals surface area contributed by atoms with Gasteiger partial charge in [0.15, 0.2) is 0 Å². The van der Waals surface area contributed by atoms with E-state index in [1.165, 1.54) is 6.33 Å². The lowest BCUT2D eigenvalue weighted by atomic mass is 10.6. The predicted octanol–water partition coefficient (Wildman–Crippen LogP) is -0.185. The third-order valence-electron chi connectivity index (χ3n) is 1.04. The van der Waals surface area contributed by atoms with Gasteiger partial charge in [-0.05, 0) is 0 Å². The van der Waals surface area contributed by atoms with Crippen LogP contribution in [-0.4, -0.2) is 25.1 Å². The van der Waals surface area contributed by atoms with Gasteiger partial charge in [-0.2, -0.15) is 0 Å². The van der Waals surface area contributed by atoms with E-state index in [-0.39, 0.29) is 0 Å². The first kappa shape index (κ1) is 5.16. The molecule has 0 aliphatic heterocycles.